The van der Waals surface area contributed by atoms with E-state index in [0.717, 1.165) is 55.8 Å². The first kappa shape index (κ1) is 31.9. The zero-order chi connectivity index (χ0) is 36.4. The number of para-hydroxylation sites is 2. The van der Waals surface area contributed by atoms with Crippen molar-refractivity contribution in [2.45, 2.75) is 26.2 Å². The van der Waals surface area contributed by atoms with Crippen LogP contribution >= 0.6 is 0 Å². The summed E-state index contributed by atoms with van der Waals surface area (Å²) < 4.78 is 2.39. The quantitative estimate of drug-likeness (QED) is 0.168. The van der Waals surface area contributed by atoms with Crippen LogP contribution in [-0.4, -0.2) is 14.5 Å². The first-order valence-corrected chi connectivity index (χ1v) is 18.6. The highest BCUT2D eigenvalue weighted by Gasteiger charge is 2.21. The third kappa shape index (κ3) is 5.21. The number of nitrogens with zero attached hydrogens (tertiary/aromatic N) is 4. The molecule has 0 aliphatic carbocycles. The topological polar surface area (TPSA) is 34.0 Å². The summed E-state index contributed by atoms with van der Waals surface area (Å²) in [5, 5.41) is 7.11. The minimum Gasteiger partial charge on any atom is -0.310 e. The van der Waals surface area contributed by atoms with Crippen molar-refractivity contribution in [1.29, 1.82) is 0 Å². The van der Waals surface area contributed by atoms with E-state index in [-0.39, 0.29) is 5.41 Å². The van der Waals surface area contributed by atoms with Crippen LogP contribution in [-0.2, 0) is 5.41 Å². The number of hydrogen-bond acceptors (Lipinski definition) is 3. The van der Waals surface area contributed by atoms with Gasteiger partial charge >= 0.3 is 0 Å². The molecule has 8 aromatic carbocycles. The summed E-state index contributed by atoms with van der Waals surface area (Å²) in [5.41, 5.74) is 11.9. The summed E-state index contributed by atoms with van der Waals surface area (Å²) in [6.07, 6.45) is 1.91. The summed E-state index contributed by atoms with van der Waals surface area (Å²) in [4.78, 5) is 12.6. The maximum Gasteiger partial charge on any atom is 0.0979 e. The first-order chi connectivity index (χ1) is 26.4. The molecular weight excluding hydrogens is 657 g/mol. The van der Waals surface area contributed by atoms with E-state index in [1.54, 1.807) is 0 Å². The molecule has 10 rings (SSSR count). The maximum absolute atomic E-state index is 5.25. The van der Waals surface area contributed by atoms with Crippen LogP contribution in [0, 0.1) is 0 Å². The minimum atomic E-state index is 0.0289. The van der Waals surface area contributed by atoms with Crippen molar-refractivity contribution < 1.29 is 0 Å². The van der Waals surface area contributed by atoms with Crippen LogP contribution in [0.1, 0.15) is 26.3 Å². The lowest BCUT2D eigenvalue weighted by atomic mass is 9.86. The summed E-state index contributed by atoms with van der Waals surface area (Å²) in [5.74, 6) is 0. The van der Waals surface area contributed by atoms with Crippen LogP contribution in [0.4, 0.5) is 17.1 Å². The second-order valence-corrected chi connectivity index (χ2v) is 15.1. The molecule has 0 saturated carbocycles. The van der Waals surface area contributed by atoms with Crippen molar-refractivity contribution in [3.05, 3.63) is 182 Å². The fraction of sp³-hybridized carbons (Fsp3) is 0.0800. The van der Waals surface area contributed by atoms with E-state index in [4.69, 9.17) is 9.97 Å². The number of anilines is 3. The van der Waals surface area contributed by atoms with E-state index in [9.17, 15) is 0 Å². The molecule has 0 aliphatic heterocycles. The molecule has 4 nitrogen and oxygen atoms in total. The van der Waals surface area contributed by atoms with Gasteiger partial charge in [-0.05, 0) is 88.5 Å². The average Bonchev–Trinajstić information content (AvgIpc) is 3.55. The molecule has 0 saturated heterocycles. The molecule has 258 valence electrons. The third-order valence-corrected chi connectivity index (χ3v) is 10.7. The van der Waals surface area contributed by atoms with Gasteiger partial charge in [-0.15, -0.1) is 0 Å². The smallest absolute Gasteiger partial charge is 0.0979 e. The van der Waals surface area contributed by atoms with Crippen molar-refractivity contribution in [3.63, 3.8) is 0 Å². The van der Waals surface area contributed by atoms with E-state index < -0.39 is 0 Å². The lowest BCUT2D eigenvalue weighted by Gasteiger charge is -2.26. The van der Waals surface area contributed by atoms with Gasteiger partial charge in [-0.2, -0.15) is 0 Å². The van der Waals surface area contributed by atoms with Gasteiger partial charge in [0.05, 0.1) is 34.0 Å². The van der Waals surface area contributed by atoms with Gasteiger partial charge in [-0.1, -0.05) is 124 Å². The predicted molar refractivity (Wildman–Crippen MR) is 228 cm³/mol. The van der Waals surface area contributed by atoms with Crippen molar-refractivity contribution in [1.82, 2.24) is 14.5 Å². The summed E-state index contributed by atoms with van der Waals surface area (Å²) >= 11 is 0. The fourth-order valence-electron chi connectivity index (χ4n) is 8.04. The van der Waals surface area contributed by atoms with Gasteiger partial charge in [0, 0.05) is 49.9 Å². The summed E-state index contributed by atoms with van der Waals surface area (Å²) in [7, 11) is 0. The molecule has 0 radical (unpaired) electrons. The molecule has 0 atom stereocenters. The van der Waals surface area contributed by atoms with E-state index in [1.165, 1.54) is 38.1 Å². The zero-order valence-electron chi connectivity index (χ0n) is 30.5. The van der Waals surface area contributed by atoms with E-state index in [2.05, 4.69) is 200 Å². The molecule has 2 heterocycles. The molecular formula is C50H38N4. The Kier molecular flexibility index (Phi) is 7.34. The first-order valence-electron chi connectivity index (χ1n) is 18.6. The normalized spacial score (nSPS) is 12.0. The number of fused-ring (bicyclic) bond motifs is 9. The Balaban J connectivity index is 1.12. The highest BCUT2D eigenvalue weighted by molar-refractivity contribution is 6.23. The molecule has 0 fully saturated rings. The Labute approximate surface area is 314 Å². The Morgan fingerprint density at radius 1 is 0.463 bits per heavy atom. The Morgan fingerprint density at radius 3 is 1.67 bits per heavy atom. The van der Waals surface area contributed by atoms with Gasteiger partial charge in [0.25, 0.3) is 0 Å². The van der Waals surface area contributed by atoms with Crippen molar-refractivity contribution >= 4 is 71.4 Å². The summed E-state index contributed by atoms with van der Waals surface area (Å²) in [6.45, 7) is 6.85. The lowest BCUT2D eigenvalue weighted by molar-refractivity contribution is 0.591. The van der Waals surface area contributed by atoms with Gasteiger partial charge in [-0.3, -0.25) is 4.98 Å². The molecule has 0 unspecified atom stereocenters. The van der Waals surface area contributed by atoms with E-state index in [1.807, 2.05) is 6.20 Å². The van der Waals surface area contributed by atoms with Crippen molar-refractivity contribution in [2.24, 2.45) is 0 Å². The lowest BCUT2D eigenvalue weighted by Crippen LogP contribution is -2.10. The fourth-order valence-corrected chi connectivity index (χ4v) is 8.04. The average molecular weight is 695 g/mol. The van der Waals surface area contributed by atoms with Gasteiger partial charge in [-0.25, -0.2) is 4.98 Å². The third-order valence-electron chi connectivity index (χ3n) is 10.7. The van der Waals surface area contributed by atoms with Crippen LogP contribution in [0.25, 0.3) is 71.3 Å². The monoisotopic (exact) mass is 694 g/mol. The molecule has 0 spiro atoms. The number of rotatable bonds is 5. The molecule has 2 aromatic heterocycles. The van der Waals surface area contributed by atoms with Crippen LogP contribution in [0.2, 0.25) is 0 Å². The second-order valence-electron chi connectivity index (χ2n) is 15.1. The van der Waals surface area contributed by atoms with Crippen LogP contribution < -0.4 is 4.90 Å². The van der Waals surface area contributed by atoms with Gasteiger partial charge in [0.2, 0.25) is 0 Å². The Hall–Kier alpha value is -6.78. The van der Waals surface area contributed by atoms with Gasteiger partial charge in [0.15, 0.2) is 0 Å². The predicted octanol–water partition coefficient (Wildman–Crippen LogP) is 13.5. The van der Waals surface area contributed by atoms with Gasteiger partial charge < -0.3 is 9.47 Å². The number of aromatic nitrogens is 3. The largest absolute Gasteiger partial charge is 0.310 e. The van der Waals surface area contributed by atoms with Crippen LogP contribution in [0.3, 0.4) is 0 Å². The van der Waals surface area contributed by atoms with Crippen molar-refractivity contribution in [2.75, 3.05) is 4.90 Å². The van der Waals surface area contributed by atoms with Crippen LogP contribution in [0.15, 0.2) is 176 Å². The minimum absolute atomic E-state index is 0.0289. The molecule has 4 heteroatoms. The van der Waals surface area contributed by atoms with Crippen molar-refractivity contribution in [3.8, 4) is 16.9 Å². The summed E-state index contributed by atoms with van der Waals surface area (Å²) in [6, 6.07) is 60.8. The zero-order valence-corrected chi connectivity index (χ0v) is 30.5. The Morgan fingerprint density at radius 2 is 1.00 bits per heavy atom. The standard InChI is InChI=1S/C50H38N4/c1-50(2,3)34-24-28-46-43(30-34)44-31-38(27-29-47(44)54(46)36-16-8-5-9-17-36)53(35-14-6-4-7-15-35)37-25-22-33(23-26-37)45-32-51-48-41-20-12-10-18-39(41)40-19-11-13-21-42(40)49(48)52-45/h4-32H,1-3H3. The van der Waals surface area contributed by atoms with E-state index in [0.29, 0.717) is 0 Å². The highest BCUT2D eigenvalue weighted by atomic mass is 15.1. The SMILES string of the molecule is CC(C)(C)c1ccc2c(c1)c1cc(N(c3ccccc3)c3ccc(-c4cnc5c6ccccc6c6ccccc6c5n4)cc3)ccc1n2-c1ccccc1. The molecule has 0 aliphatic rings. The molecule has 10 aromatic rings. The molecule has 54 heavy (non-hydrogen) atoms. The Bertz CT molecular complexity index is 2980. The second kappa shape index (κ2) is 12.4. The molecule has 0 amide bonds. The van der Waals surface area contributed by atoms with Crippen LogP contribution in [0.5, 0.6) is 0 Å². The number of benzene rings is 8. The molecule has 0 bridgehead atoms. The molecule has 0 N–H and O–H groups in total. The van der Waals surface area contributed by atoms with Gasteiger partial charge in [0.1, 0.15) is 0 Å². The number of hydrogen-bond donors (Lipinski definition) is 0. The maximum atomic E-state index is 5.25. The highest BCUT2D eigenvalue weighted by Crippen LogP contribution is 2.41. The van der Waals surface area contributed by atoms with E-state index >= 15 is 0 Å².